The van der Waals surface area contributed by atoms with Crippen molar-refractivity contribution in [2.24, 2.45) is 5.73 Å². The van der Waals surface area contributed by atoms with E-state index in [9.17, 15) is 4.79 Å². The highest BCUT2D eigenvalue weighted by Gasteiger charge is 2.28. The number of nitrogens with zero attached hydrogens (tertiary/aromatic N) is 5. The average Bonchev–Trinajstić information content (AvgIpc) is 3.23. The maximum absolute atomic E-state index is 11.2. The average molecular weight is 368 g/mol. The number of hydrogen-bond donors (Lipinski definition) is 1. The van der Waals surface area contributed by atoms with E-state index in [0.29, 0.717) is 18.7 Å². The van der Waals surface area contributed by atoms with Crippen molar-refractivity contribution in [3.05, 3.63) is 35.4 Å². The summed E-state index contributed by atoms with van der Waals surface area (Å²) in [4.78, 5) is 18.0. The Morgan fingerprint density at radius 2 is 2.19 bits per heavy atom. The second-order valence-electron chi connectivity index (χ2n) is 7.30. The molecule has 1 atom stereocenters. The molecule has 8 nitrogen and oxygen atoms in total. The zero-order chi connectivity index (χ0) is 19.0. The van der Waals surface area contributed by atoms with Crippen LogP contribution in [0.15, 0.2) is 22.9 Å². The number of nitrogens with two attached hydrogens (primary N) is 1. The molecule has 2 N–H and O–H groups in total. The van der Waals surface area contributed by atoms with Gasteiger partial charge in [0.25, 0.3) is 0 Å². The summed E-state index contributed by atoms with van der Waals surface area (Å²) in [6, 6.07) is 3.91. The van der Waals surface area contributed by atoms with Crippen molar-refractivity contribution < 1.29 is 9.32 Å². The van der Waals surface area contributed by atoms with Gasteiger partial charge in [0.2, 0.25) is 5.91 Å². The van der Waals surface area contributed by atoms with E-state index >= 15 is 0 Å². The first-order chi connectivity index (χ1) is 13.0. The first kappa shape index (κ1) is 17.7. The van der Waals surface area contributed by atoms with Crippen LogP contribution >= 0.6 is 0 Å². The molecular formula is C19H24N6O2. The fourth-order valence-corrected chi connectivity index (χ4v) is 3.89. The monoisotopic (exact) mass is 368 g/mol. The van der Waals surface area contributed by atoms with Crippen molar-refractivity contribution in [2.45, 2.75) is 39.0 Å². The molecule has 1 fully saturated rings. The minimum absolute atomic E-state index is 0.260. The highest BCUT2D eigenvalue weighted by Crippen LogP contribution is 2.34. The topological polar surface area (TPSA) is 103 Å². The Bertz CT molecular complexity index is 976. The van der Waals surface area contributed by atoms with Crippen molar-refractivity contribution in [3.8, 4) is 11.3 Å². The number of fused-ring (bicyclic) bond motifs is 1. The molecule has 4 rings (SSSR count). The minimum atomic E-state index is -0.260. The van der Waals surface area contributed by atoms with Gasteiger partial charge in [-0.05, 0) is 33.2 Å². The van der Waals surface area contributed by atoms with Crippen LogP contribution in [0.5, 0.6) is 0 Å². The third-order valence-corrected chi connectivity index (χ3v) is 5.10. The molecule has 1 unspecified atom stereocenters. The summed E-state index contributed by atoms with van der Waals surface area (Å²) in [5.74, 6) is 0.708. The molecule has 1 aliphatic heterocycles. The Hall–Kier alpha value is -2.74. The molecule has 142 valence electrons. The Labute approximate surface area is 157 Å². The smallest absolute Gasteiger partial charge is 0.218 e. The summed E-state index contributed by atoms with van der Waals surface area (Å²) < 4.78 is 7.47. The summed E-state index contributed by atoms with van der Waals surface area (Å²) in [5.41, 5.74) is 9.93. The molecule has 0 saturated carbocycles. The lowest BCUT2D eigenvalue weighted by molar-refractivity contribution is -0.118. The first-order valence-corrected chi connectivity index (χ1v) is 9.31. The van der Waals surface area contributed by atoms with Gasteiger partial charge in [0.15, 0.2) is 11.4 Å². The highest BCUT2D eigenvalue weighted by molar-refractivity contribution is 5.73. The molecule has 0 aliphatic carbocycles. The van der Waals surface area contributed by atoms with E-state index in [0.717, 1.165) is 54.2 Å². The van der Waals surface area contributed by atoms with Crippen LogP contribution < -0.4 is 5.73 Å². The van der Waals surface area contributed by atoms with E-state index < -0.39 is 0 Å². The summed E-state index contributed by atoms with van der Waals surface area (Å²) in [7, 11) is 0. The molecule has 1 saturated heterocycles. The van der Waals surface area contributed by atoms with Gasteiger partial charge in [-0.15, -0.1) is 0 Å². The molecule has 1 amide bonds. The van der Waals surface area contributed by atoms with E-state index in [4.69, 9.17) is 10.3 Å². The number of aryl methyl sites for hydroxylation is 2. The maximum atomic E-state index is 11.2. The Balaban J connectivity index is 1.75. The molecule has 0 radical (unpaired) electrons. The lowest BCUT2D eigenvalue weighted by Gasteiger charge is -2.33. The van der Waals surface area contributed by atoms with Gasteiger partial charge in [0.1, 0.15) is 0 Å². The third kappa shape index (κ3) is 3.57. The molecule has 0 spiro atoms. The number of amides is 1. The number of likely N-dealkylation sites (tertiary alicyclic amines) is 1. The van der Waals surface area contributed by atoms with Gasteiger partial charge in [-0.25, -0.2) is 9.50 Å². The number of carbonyl (C=O) groups excluding carboxylic acids is 1. The van der Waals surface area contributed by atoms with E-state index in [-0.39, 0.29) is 11.8 Å². The molecule has 8 heteroatoms. The maximum Gasteiger partial charge on any atom is 0.218 e. The molecule has 3 aromatic heterocycles. The van der Waals surface area contributed by atoms with E-state index in [1.807, 2.05) is 36.7 Å². The van der Waals surface area contributed by atoms with Crippen molar-refractivity contribution in [3.63, 3.8) is 0 Å². The lowest BCUT2D eigenvalue weighted by Crippen LogP contribution is -2.37. The lowest BCUT2D eigenvalue weighted by atomic mass is 9.91. The van der Waals surface area contributed by atoms with Crippen LogP contribution in [-0.2, 0) is 4.79 Å². The van der Waals surface area contributed by atoms with Crippen molar-refractivity contribution in [1.29, 1.82) is 0 Å². The fourth-order valence-electron chi connectivity index (χ4n) is 3.89. The van der Waals surface area contributed by atoms with Crippen molar-refractivity contribution in [1.82, 2.24) is 24.7 Å². The Morgan fingerprint density at radius 1 is 1.33 bits per heavy atom. The zero-order valence-electron chi connectivity index (χ0n) is 15.7. The molecule has 0 aromatic carbocycles. The number of piperidine rings is 1. The minimum Gasteiger partial charge on any atom is -0.370 e. The van der Waals surface area contributed by atoms with Crippen molar-refractivity contribution in [2.75, 3.05) is 19.6 Å². The molecule has 4 heterocycles. The molecule has 0 bridgehead atoms. The van der Waals surface area contributed by atoms with Gasteiger partial charge in [-0.2, -0.15) is 5.10 Å². The van der Waals surface area contributed by atoms with E-state index in [1.165, 1.54) is 0 Å². The molecule has 1 aliphatic rings. The predicted molar refractivity (Wildman–Crippen MR) is 100 cm³/mol. The largest absolute Gasteiger partial charge is 0.370 e. The van der Waals surface area contributed by atoms with Gasteiger partial charge in [-0.1, -0.05) is 5.16 Å². The van der Waals surface area contributed by atoms with Crippen LogP contribution in [0.2, 0.25) is 0 Å². The third-order valence-electron chi connectivity index (χ3n) is 5.10. The number of aromatic nitrogens is 4. The van der Waals surface area contributed by atoms with Crippen LogP contribution in [-0.4, -0.2) is 50.2 Å². The summed E-state index contributed by atoms with van der Waals surface area (Å²) in [6.45, 7) is 6.40. The highest BCUT2D eigenvalue weighted by atomic mass is 16.5. The van der Waals surface area contributed by atoms with Crippen LogP contribution in [0.1, 0.15) is 42.3 Å². The van der Waals surface area contributed by atoms with Crippen LogP contribution in [0.25, 0.3) is 17.0 Å². The van der Waals surface area contributed by atoms with Gasteiger partial charge in [0.05, 0.1) is 22.6 Å². The van der Waals surface area contributed by atoms with Crippen molar-refractivity contribution >= 4 is 11.6 Å². The SMILES string of the molecule is Cc1cc(-c2cnc3cc(C)nn3c2C2CCCN(CCC(N)=O)C2)on1. The van der Waals surface area contributed by atoms with Gasteiger partial charge < -0.3 is 15.2 Å². The molecule has 3 aromatic rings. The summed E-state index contributed by atoms with van der Waals surface area (Å²) >= 11 is 0. The number of hydrogen-bond acceptors (Lipinski definition) is 6. The normalized spacial score (nSPS) is 18.2. The van der Waals surface area contributed by atoms with Crippen LogP contribution in [0, 0.1) is 13.8 Å². The predicted octanol–water partition coefficient (Wildman–Crippen LogP) is 2.06. The van der Waals surface area contributed by atoms with Gasteiger partial charge in [-0.3, -0.25) is 4.79 Å². The quantitative estimate of drug-likeness (QED) is 0.739. The van der Waals surface area contributed by atoms with Crippen LogP contribution in [0.4, 0.5) is 0 Å². The Kier molecular flexibility index (Phi) is 4.65. The number of primary amides is 1. The second kappa shape index (κ2) is 7.11. The van der Waals surface area contributed by atoms with E-state index in [1.54, 1.807) is 0 Å². The first-order valence-electron chi connectivity index (χ1n) is 9.31. The van der Waals surface area contributed by atoms with Gasteiger partial charge >= 0.3 is 0 Å². The standard InChI is InChI=1S/C19H24N6O2/c1-12-9-18-21-10-15(16-8-13(2)23-27-16)19(25(18)22-12)14-4-3-6-24(11-14)7-5-17(20)26/h8-10,14H,3-7,11H2,1-2H3,(H2,20,26). The second-order valence-corrected chi connectivity index (χ2v) is 7.30. The fraction of sp³-hybridized carbons (Fsp3) is 0.474. The van der Waals surface area contributed by atoms with E-state index in [2.05, 4.69) is 20.1 Å². The van der Waals surface area contributed by atoms with Gasteiger partial charge in [0, 0.05) is 43.8 Å². The zero-order valence-corrected chi connectivity index (χ0v) is 15.7. The van der Waals surface area contributed by atoms with Crippen LogP contribution in [0.3, 0.4) is 0 Å². The molecular weight excluding hydrogens is 344 g/mol. The number of carbonyl (C=O) groups is 1. The number of rotatable bonds is 5. The Morgan fingerprint density at radius 3 is 2.93 bits per heavy atom. The summed E-state index contributed by atoms with van der Waals surface area (Å²) in [6.07, 6.45) is 4.34. The molecule has 27 heavy (non-hydrogen) atoms. The summed E-state index contributed by atoms with van der Waals surface area (Å²) in [5, 5.41) is 8.71.